The van der Waals surface area contributed by atoms with Crippen LogP contribution in [0.15, 0.2) is 23.1 Å². The van der Waals surface area contributed by atoms with Crippen molar-refractivity contribution < 1.29 is 17.6 Å². The van der Waals surface area contributed by atoms with Gasteiger partial charge in [-0.05, 0) is 37.0 Å². The van der Waals surface area contributed by atoms with Crippen LogP contribution in [0.4, 0.5) is 10.1 Å². The first-order valence-electron chi connectivity index (χ1n) is 6.62. The number of amides is 1. The highest BCUT2D eigenvalue weighted by Crippen LogP contribution is 2.31. The number of hydrogen-bond donors (Lipinski definition) is 3. The van der Waals surface area contributed by atoms with E-state index in [2.05, 4.69) is 10.0 Å². The van der Waals surface area contributed by atoms with E-state index in [1.165, 1.54) is 6.92 Å². The number of benzene rings is 1. The number of nitrogens with two attached hydrogens (primary N) is 1. The largest absolute Gasteiger partial charge is 0.326 e. The lowest BCUT2D eigenvalue weighted by molar-refractivity contribution is -0.114. The van der Waals surface area contributed by atoms with Crippen molar-refractivity contribution in [2.45, 2.75) is 30.7 Å². The predicted molar refractivity (Wildman–Crippen MR) is 83.8 cm³/mol. The lowest BCUT2D eigenvalue weighted by Crippen LogP contribution is -2.38. The molecular weight excluding hydrogens is 333 g/mol. The molecule has 0 radical (unpaired) electrons. The SMILES string of the molecule is CC(=O)Nc1cc(S(=O)(=O)NCC(N)C2CC2)ccc1F.Cl. The molecule has 1 aromatic rings. The van der Waals surface area contributed by atoms with Crippen LogP contribution < -0.4 is 15.8 Å². The molecular formula is C13H19ClFN3O3S. The van der Waals surface area contributed by atoms with Crippen LogP contribution in [0, 0.1) is 11.7 Å². The van der Waals surface area contributed by atoms with Crippen LogP contribution in [0.1, 0.15) is 19.8 Å². The Hall–Kier alpha value is -1.22. The maximum Gasteiger partial charge on any atom is 0.240 e. The third-order valence-corrected chi connectivity index (χ3v) is 4.72. The molecule has 1 saturated carbocycles. The van der Waals surface area contributed by atoms with Gasteiger partial charge >= 0.3 is 0 Å². The van der Waals surface area contributed by atoms with Gasteiger partial charge in [0, 0.05) is 19.5 Å². The third-order valence-electron chi connectivity index (χ3n) is 3.30. The van der Waals surface area contributed by atoms with E-state index in [4.69, 9.17) is 5.73 Å². The van der Waals surface area contributed by atoms with Gasteiger partial charge in [0.25, 0.3) is 0 Å². The van der Waals surface area contributed by atoms with Gasteiger partial charge in [-0.25, -0.2) is 17.5 Å². The average Bonchev–Trinajstić information content (AvgIpc) is 3.22. The van der Waals surface area contributed by atoms with Crippen LogP contribution in [0.25, 0.3) is 0 Å². The molecule has 1 atom stereocenters. The fraction of sp³-hybridized carbons (Fsp3) is 0.462. The van der Waals surface area contributed by atoms with E-state index in [0.717, 1.165) is 31.0 Å². The molecule has 1 aromatic carbocycles. The van der Waals surface area contributed by atoms with Gasteiger partial charge in [-0.1, -0.05) is 0 Å². The molecule has 0 bridgehead atoms. The Labute approximate surface area is 135 Å². The monoisotopic (exact) mass is 351 g/mol. The van der Waals surface area contributed by atoms with Gasteiger partial charge in [-0.2, -0.15) is 0 Å². The molecule has 6 nitrogen and oxygen atoms in total. The van der Waals surface area contributed by atoms with Gasteiger partial charge in [-0.3, -0.25) is 4.79 Å². The Balaban J connectivity index is 0.00000242. The summed E-state index contributed by atoms with van der Waals surface area (Å²) in [5, 5.41) is 2.25. The molecule has 22 heavy (non-hydrogen) atoms. The highest BCUT2D eigenvalue weighted by atomic mass is 35.5. The minimum atomic E-state index is -3.78. The van der Waals surface area contributed by atoms with E-state index >= 15 is 0 Å². The van der Waals surface area contributed by atoms with Crippen molar-refractivity contribution in [1.29, 1.82) is 0 Å². The van der Waals surface area contributed by atoms with Crippen molar-refractivity contribution in [2.24, 2.45) is 11.7 Å². The van der Waals surface area contributed by atoms with E-state index in [0.29, 0.717) is 5.92 Å². The Morgan fingerprint density at radius 1 is 1.45 bits per heavy atom. The van der Waals surface area contributed by atoms with Crippen molar-refractivity contribution in [2.75, 3.05) is 11.9 Å². The van der Waals surface area contributed by atoms with Gasteiger partial charge in [0.2, 0.25) is 15.9 Å². The standard InChI is InChI=1S/C13H18FN3O3S.ClH/c1-8(18)17-13-6-10(4-5-11(13)14)21(19,20)16-7-12(15)9-2-3-9;/h4-6,9,12,16H,2-3,7,15H2,1H3,(H,17,18);1H. The summed E-state index contributed by atoms with van der Waals surface area (Å²) >= 11 is 0. The summed E-state index contributed by atoms with van der Waals surface area (Å²) in [4.78, 5) is 10.8. The predicted octanol–water partition coefficient (Wildman–Crippen LogP) is 1.22. The first kappa shape index (κ1) is 18.8. The summed E-state index contributed by atoms with van der Waals surface area (Å²) in [6.07, 6.45) is 2.04. The molecule has 1 aliphatic rings. The Morgan fingerprint density at radius 3 is 2.64 bits per heavy atom. The maximum atomic E-state index is 13.5. The fourth-order valence-corrected chi connectivity index (χ4v) is 3.04. The summed E-state index contributed by atoms with van der Waals surface area (Å²) in [5.74, 6) is -0.804. The Kier molecular flexibility index (Phi) is 6.30. The van der Waals surface area contributed by atoms with Crippen LogP contribution in [0.2, 0.25) is 0 Å². The topological polar surface area (TPSA) is 101 Å². The summed E-state index contributed by atoms with van der Waals surface area (Å²) in [7, 11) is -3.78. The van der Waals surface area contributed by atoms with E-state index in [-0.39, 0.29) is 35.6 Å². The van der Waals surface area contributed by atoms with E-state index in [9.17, 15) is 17.6 Å². The van der Waals surface area contributed by atoms with Crippen LogP contribution in [0.3, 0.4) is 0 Å². The molecule has 1 unspecified atom stereocenters. The lowest BCUT2D eigenvalue weighted by Gasteiger charge is -2.13. The van der Waals surface area contributed by atoms with Crippen LogP contribution in [-0.4, -0.2) is 26.9 Å². The van der Waals surface area contributed by atoms with Crippen molar-refractivity contribution >= 4 is 34.0 Å². The molecule has 124 valence electrons. The first-order valence-corrected chi connectivity index (χ1v) is 8.10. The quantitative estimate of drug-likeness (QED) is 0.717. The molecule has 4 N–H and O–H groups in total. The number of anilines is 1. The summed E-state index contributed by atoms with van der Waals surface area (Å²) in [6, 6.07) is 3.02. The maximum absolute atomic E-state index is 13.5. The minimum absolute atomic E-state index is 0. The highest BCUT2D eigenvalue weighted by molar-refractivity contribution is 7.89. The Bertz CT molecular complexity index is 650. The Morgan fingerprint density at radius 2 is 2.09 bits per heavy atom. The minimum Gasteiger partial charge on any atom is -0.326 e. The molecule has 0 aromatic heterocycles. The van der Waals surface area contributed by atoms with Crippen LogP contribution >= 0.6 is 12.4 Å². The second-order valence-electron chi connectivity index (χ2n) is 5.18. The number of hydrogen-bond acceptors (Lipinski definition) is 4. The molecule has 1 aliphatic carbocycles. The highest BCUT2D eigenvalue weighted by Gasteiger charge is 2.29. The number of carbonyl (C=O) groups excluding carboxylic acids is 1. The van der Waals surface area contributed by atoms with Crippen molar-refractivity contribution in [3.8, 4) is 0 Å². The van der Waals surface area contributed by atoms with Crippen molar-refractivity contribution in [1.82, 2.24) is 4.72 Å². The molecule has 2 rings (SSSR count). The molecule has 1 amide bonds. The lowest BCUT2D eigenvalue weighted by atomic mass is 10.2. The molecule has 9 heteroatoms. The zero-order valence-corrected chi connectivity index (χ0v) is 13.6. The summed E-state index contributed by atoms with van der Waals surface area (Å²) < 4.78 is 40.2. The normalized spacial score (nSPS) is 15.8. The average molecular weight is 352 g/mol. The first-order chi connectivity index (χ1) is 9.79. The van der Waals surface area contributed by atoms with Crippen molar-refractivity contribution in [3.63, 3.8) is 0 Å². The van der Waals surface area contributed by atoms with E-state index in [1.807, 2.05) is 0 Å². The number of rotatable bonds is 6. The molecule has 0 spiro atoms. The molecule has 0 aliphatic heterocycles. The second-order valence-corrected chi connectivity index (χ2v) is 6.94. The zero-order valence-electron chi connectivity index (χ0n) is 12.0. The summed E-state index contributed by atoms with van der Waals surface area (Å²) in [6.45, 7) is 1.35. The van der Waals surface area contributed by atoms with Gasteiger partial charge in [0.05, 0.1) is 10.6 Å². The van der Waals surface area contributed by atoms with Crippen LogP contribution in [-0.2, 0) is 14.8 Å². The molecule has 0 heterocycles. The number of nitrogens with one attached hydrogen (secondary N) is 2. The smallest absolute Gasteiger partial charge is 0.240 e. The molecule has 0 saturated heterocycles. The number of halogens is 2. The fourth-order valence-electron chi connectivity index (χ4n) is 1.94. The molecule has 1 fully saturated rings. The van der Waals surface area contributed by atoms with Gasteiger partial charge in [0.15, 0.2) is 0 Å². The number of carbonyl (C=O) groups is 1. The van der Waals surface area contributed by atoms with E-state index < -0.39 is 21.7 Å². The number of sulfonamides is 1. The zero-order chi connectivity index (χ0) is 15.6. The van der Waals surface area contributed by atoms with Gasteiger partial charge in [0.1, 0.15) is 5.82 Å². The van der Waals surface area contributed by atoms with Gasteiger partial charge < -0.3 is 11.1 Å². The van der Waals surface area contributed by atoms with E-state index in [1.54, 1.807) is 0 Å². The third kappa shape index (κ3) is 4.91. The van der Waals surface area contributed by atoms with Gasteiger partial charge in [-0.15, -0.1) is 12.4 Å². The summed E-state index contributed by atoms with van der Waals surface area (Å²) in [5.41, 5.74) is 5.67. The van der Waals surface area contributed by atoms with Crippen LogP contribution in [0.5, 0.6) is 0 Å². The van der Waals surface area contributed by atoms with Crippen molar-refractivity contribution in [3.05, 3.63) is 24.0 Å². The second kappa shape index (κ2) is 7.36.